The van der Waals surface area contributed by atoms with Crippen LogP contribution in [0.15, 0.2) is 0 Å². The molecule has 2 unspecified atom stereocenters. The topological polar surface area (TPSA) is 21.3 Å². The molecule has 0 spiro atoms. The molecular formula is C7H11F2NO. The maximum atomic E-state index is 11.7. The molecule has 2 nitrogen and oxygen atoms in total. The van der Waals surface area contributed by atoms with Gasteiger partial charge in [0.15, 0.2) is 0 Å². The van der Waals surface area contributed by atoms with Gasteiger partial charge in [-0.15, -0.1) is 0 Å². The van der Waals surface area contributed by atoms with E-state index >= 15 is 0 Å². The lowest BCUT2D eigenvalue weighted by molar-refractivity contribution is -0.181. The highest BCUT2D eigenvalue weighted by Crippen LogP contribution is 2.30. The summed E-state index contributed by atoms with van der Waals surface area (Å²) >= 11 is 0. The zero-order valence-electron chi connectivity index (χ0n) is 6.09. The van der Waals surface area contributed by atoms with Gasteiger partial charge in [-0.25, -0.2) is 0 Å². The van der Waals surface area contributed by atoms with E-state index < -0.39 is 6.61 Å². The molecule has 0 radical (unpaired) electrons. The summed E-state index contributed by atoms with van der Waals surface area (Å²) in [6.45, 7) is -2.60. The third-order valence-corrected chi connectivity index (χ3v) is 2.43. The van der Waals surface area contributed by atoms with Crippen molar-refractivity contribution in [3.8, 4) is 0 Å². The zero-order valence-corrected chi connectivity index (χ0v) is 6.09. The fraction of sp³-hybridized carbons (Fsp3) is 1.00. The van der Waals surface area contributed by atoms with Crippen LogP contribution in [0.4, 0.5) is 8.78 Å². The van der Waals surface area contributed by atoms with Gasteiger partial charge in [-0.05, 0) is 19.3 Å². The van der Waals surface area contributed by atoms with Crippen LogP contribution < -0.4 is 5.32 Å². The van der Waals surface area contributed by atoms with E-state index in [1.807, 2.05) is 0 Å². The summed E-state index contributed by atoms with van der Waals surface area (Å²) in [5.74, 6) is 0. The maximum absolute atomic E-state index is 11.7. The fourth-order valence-electron chi connectivity index (χ4n) is 1.97. The Morgan fingerprint density at radius 1 is 1.18 bits per heavy atom. The molecular weight excluding hydrogens is 152 g/mol. The highest BCUT2D eigenvalue weighted by atomic mass is 19.3. The number of halogens is 2. The lowest BCUT2D eigenvalue weighted by atomic mass is 9.81. The summed E-state index contributed by atoms with van der Waals surface area (Å²) < 4.78 is 27.9. The first-order valence-electron chi connectivity index (χ1n) is 3.93. The lowest BCUT2D eigenvalue weighted by Gasteiger charge is -2.46. The third kappa shape index (κ3) is 1.51. The van der Waals surface area contributed by atoms with Crippen LogP contribution in [-0.4, -0.2) is 24.8 Å². The Balaban J connectivity index is 1.79. The van der Waals surface area contributed by atoms with E-state index in [-0.39, 0.29) is 6.10 Å². The molecule has 11 heavy (non-hydrogen) atoms. The Morgan fingerprint density at radius 3 is 2.18 bits per heavy atom. The number of piperidine rings is 1. The second kappa shape index (κ2) is 2.68. The Labute approximate surface area is 63.9 Å². The van der Waals surface area contributed by atoms with Gasteiger partial charge in [-0.3, -0.25) is 0 Å². The van der Waals surface area contributed by atoms with Crippen LogP contribution in [0.1, 0.15) is 19.3 Å². The van der Waals surface area contributed by atoms with Crippen molar-refractivity contribution in [2.24, 2.45) is 0 Å². The summed E-state index contributed by atoms with van der Waals surface area (Å²) in [5.41, 5.74) is 0. The second-order valence-electron chi connectivity index (χ2n) is 3.29. The number of hydrogen-bond acceptors (Lipinski definition) is 2. The van der Waals surface area contributed by atoms with Gasteiger partial charge < -0.3 is 10.1 Å². The summed E-state index contributed by atoms with van der Waals surface area (Å²) in [4.78, 5) is 0. The van der Waals surface area contributed by atoms with Crippen LogP contribution in [0, 0.1) is 0 Å². The highest BCUT2D eigenvalue weighted by molar-refractivity contribution is 4.97. The smallest absolute Gasteiger partial charge is 0.320 e. The molecule has 2 atom stereocenters. The summed E-state index contributed by atoms with van der Waals surface area (Å²) in [7, 11) is 0. The van der Waals surface area contributed by atoms with Crippen molar-refractivity contribution in [2.75, 3.05) is 0 Å². The maximum Gasteiger partial charge on any atom is 0.345 e. The van der Waals surface area contributed by atoms with E-state index in [0.717, 1.165) is 19.3 Å². The van der Waals surface area contributed by atoms with Crippen molar-refractivity contribution in [1.82, 2.24) is 5.32 Å². The average molecular weight is 163 g/mol. The molecule has 3 rings (SSSR count). The first-order chi connectivity index (χ1) is 5.24. The van der Waals surface area contributed by atoms with Crippen molar-refractivity contribution in [1.29, 1.82) is 0 Å². The third-order valence-electron chi connectivity index (χ3n) is 2.43. The molecule has 4 heteroatoms. The van der Waals surface area contributed by atoms with Gasteiger partial charge in [0, 0.05) is 12.1 Å². The quantitative estimate of drug-likeness (QED) is 0.658. The molecule has 1 N–H and O–H groups in total. The minimum atomic E-state index is -2.60. The molecule has 0 aromatic carbocycles. The number of rotatable bonds is 2. The van der Waals surface area contributed by atoms with E-state index in [1.54, 1.807) is 0 Å². The number of nitrogens with one attached hydrogen (secondary N) is 1. The fourth-order valence-corrected chi connectivity index (χ4v) is 1.97. The number of alkyl halides is 2. The first-order valence-corrected chi connectivity index (χ1v) is 3.93. The second-order valence-corrected chi connectivity index (χ2v) is 3.29. The minimum Gasteiger partial charge on any atom is -0.320 e. The molecule has 0 amide bonds. The summed E-state index contributed by atoms with van der Waals surface area (Å²) in [6, 6.07) is 0.884. The standard InChI is InChI=1S/C7H11F2NO/c8-7(9)11-6-2-4-1-5(3-6)10-4/h4-7,10H,1-3H2. The molecule has 1 saturated carbocycles. The molecule has 3 aliphatic rings. The van der Waals surface area contributed by atoms with Gasteiger partial charge >= 0.3 is 6.61 Å². The van der Waals surface area contributed by atoms with Crippen LogP contribution >= 0.6 is 0 Å². The zero-order chi connectivity index (χ0) is 7.84. The largest absolute Gasteiger partial charge is 0.345 e. The molecule has 64 valence electrons. The molecule has 0 aromatic heterocycles. The Kier molecular flexibility index (Phi) is 1.81. The summed E-state index contributed by atoms with van der Waals surface area (Å²) in [5, 5.41) is 3.26. The van der Waals surface area contributed by atoms with Gasteiger partial charge in [0.25, 0.3) is 0 Å². The molecule has 3 fully saturated rings. The molecule has 2 heterocycles. The highest BCUT2D eigenvalue weighted by Gasteiger charge is 2.38. The Morgan fingerprint density at radius 2 is 1.73 bits per heavy atom. The van der Waals surface area contributed by atoms with Crippen LogP contribution in [0.2, 0.25) is 0 Å². The predicted molar refractivity (Wildman–Crippen MR) is 35.4 cm³/mol. The predicted octanol–water partition coefficient (Wildman–Crippen LogP) is 1.12. The number of hydrogen-bond donors (Lipinski definition) is 1. The van der Waals surface area contributed by atoms with Crippen LogP contribution in [0.25, 0.3) is 0 Å². The number of fused-ring (bicyclic) bond motifs is 2. The van der Waals surface area contributed by atoms with Crippen molar-refractivity contribution in [2.45, 2.75) is 44.1 Å². The monoisotopic (exact) mass is 163 g/mol. The van der Waals surface area contributed by atoms with E-state index in [9.17, 15) is 8.78 Å². The molecule has 2 bridgehead atoms. The average Bonchev–Trinajstić information content (AvgIpc) is 1.83. The first kappa shape index (κ1) is 7.43. The summed E-state index contributed by atoms with van der Waals surface area (Å²) in [6.07, 6.45) is 2.44. The lowest BCUT2D eigenvalue weighted by Crippen LogP contribution is -2.59. The Bertz CT molecular complexity index is 135. The van der Waals surface area contributed by atoms with Crippen LogP contribution in [0.3, 0.4) is 0 Å². The van der Waals surface area contributed by atoms with Gasteiger partial charge in [-0.1, -0.05) is 0 Å². The molecule has 2 aliphatic heterocycles. The van der Waals surface area contributed by atoms with Crippen molar-refractivity contribution < 1.29 is 13.5 Å². The minimum absolute atomic E-state index is 0.208. The van der Waals surface area contributed by atoms with Gasteiger partial charge in [-0.2, -0.15) is 8.78 Å². The SMILES string of the molecule is FC(F)OC1CC2CC(C1)N2. The van der Waals surface area contributed by atoms with E-state index in [1.165, 1.54) is 0 Å². The molecule has 0 aromatic rings. The normalized spacial score (nSPS) is 42.3. The Hall–Kier alpha value is -0.220. The molecule has 2 saturated heterocycles. The van der Waals surface area contributed by atoms with E-state index in [2.05, 4.69) is 10.1 Å². The van der Waals surface area contributed by atoms with Gasteiger partial charge in [0.05, 0.1) is 6.10 Å². The van der Waals surface area contributed by atoms with E-state index in [0.29, 0.717) is 12.1 Å². The van der Waals surface area contributed by atoms with Crippen molar-refractivity contribution >= 4 is 0 Å². The van der Waals surface area contributed by atoms with Gasteiger partial charge in [0.1, 0.15) is 0 Å². The van der Waals surface area contributed by atoms with Crippen molar-refractivity contribution in [3.05, 3.63) is 0 Å². The molecule has 1 aliphatic carbocycles. The van der Waals surface area contributed by atoms with Crippen LogP contribution in [-0.2, 0) is 4.74 Å². The number of ether oxygens (including phenoxy) is 1. The van der Waals surface area contributed by atoms with E-state index in [4.69, 9.17) is 0 Å². The van der Waals surface area contributed by atoms with Crippen molar-refractivity contribution in [3.63, 3.8) is 0 Å². The van der Waals surface area contributed by atoms with Gasteiger partial charge in [0.2, 0.25) is 0 Å². The van der Waals surface area contributed by atoms with Crippen LogP contribution in [0.5, 0.6) is 0 Å².